The lowest BCUT2D eigenvalue weighted by Crippen LogP contribution is -2.14. The van der Waals surface area contributed by atoms with Crippen molar-refractivity contribution >= 4 is 27.5 Å². The van der Waals surface area contributed by atoms with E-state index in [0.717, 1.165) is 22.1 Å². The Bertz CT molecular complexity index is 563. The molecule has 1 amide bonds. The summed E-state index contributed by atoms with van der Waals surface area (Å²) in [7, 11) is 0. The Morgan fingerprint density at radius 2 is 1.84 bits per heavy atom. The zero-order valence-electron chi connectivity index (χ0n) is 10.8. The molecular weight excluding hydrogens is 302 g/mol. The van der Waals surface area contributed by atoms with Gasteiger partial charge in [-0.05, 0) is 41.8 Å². The van der Waals surface area contributed by atoms with Gasteiger partial charge in [-0.25, -0.2) is 0 Å². The van der Waals surface area contributed by atoms with Crippen LogP contribution in [0.4, 0.5) is 5.69 Å². The summed E-state index contributed by atoms with van der Waals surface area (Å²) in [6.45, 7) is 2.11. The molecule has 0 atom stereocenters. The minimum Gasteiger partial charge on any atom is -0.326 e. The molecule has 0 bridgehead atoms. The maximum atomic E-state index is 11.9. The molecule has 19 heavy (non-hydrogen) atoms. The summed E-state index contributed by atoms with van der Waals surface area (Å²) in [6.07, 6.45) is 1.39. The van der Waals surface area contributed by atoms with E-state index in [-0.39, 0.29) is 5.91 Å². The van der Waals surface area contributed by atoms with Crippen molar-refractivity contribution in [1.82, 2.24) is 0 Å². The summed E-state index contributed by atoms with van der Waals surface area (Å²) in [5, 5.41) is 2.91. The molecule has 2 aromatic carbocycles. The Balaban J connectivity index is 1.97. The molecule has 2 nitrogen and oxygen atoms in total. The van der Waals surface area contributed by atoms with Gasteiger partial charge in [0.15, 0.2) is 0 Å². The Morgan fingerprint density at radius 1 is 1.11 bits per heavy atom. The average Bonchev–Trinajstić information content (AvgIpc) is 2.39. The molecule has 2 rings (SSSR count). The van der Waals surface area contributed by atoms with E-state index < -0.39 is 0 Å². The van der Waals surface area contributed by atoms with Crippen molar-refractivity contribution in [3.05, 3.63) is 64.1 Å². The fourth-order valence-electron chi connectivity index (χ4n) is 1.86. The quantitative estimate of drug-likeness (QED) is 0.900. The summed E-state index contributed by atoms with van der Waals surface area (Å²) < 4.78 is 0.991. The first-order chi connectivity index (χ1) is 9.17. The largest absolute Gasteiger partial charge is 0.326 e. The molecular formula is C16H16BrNO. The minimum absolute atomic E-state index is 0.00217. The SMILES string of the molecule is CCc1ccc(NC(=O)Cc2cccc(Br)c2)cc1. The van der Waals surface area contributed by atoms with E-state index in [1.54, 1.807) is 0 Å². The van der Waals surface area contributed by atoms with E-state index in [1.165, 1.54) is 5.56 Å². The number of carbonyl (C=O) groups excluding carboxylic acids is 1. The van der Waals surface area contributed by atoms with Crippen LogP contribution in [0.5, 0.6) is 0 Å². The average molecular weight is 318 g/mol. The third kappa shape index (κ3) is 4.21. The van der Waals surface area contributed by atoms with Crippen LogP contribution in [0.2, 0.25) is 0 Å². The number of halogens is 1. The van der Waals surface area contributed by atoms with Gasteiger partial charge in [0, 0.05) is 10.2 Å². The van der Waals surface area contributed by atoms with Gasteiger partial charge in [0.2, 0.25) is 5.91 Å². The van der Waals surface area contributed by atoms with Crippen LogP contribution in [-0.4, -0.2) is 5.91 Å². The molecule has 0 radical (unpaired) electrons. The number of anilines is 1. The predicted molar refractivity (Wildman–Crippen MR) is 82.3 cm³/mol. The summed E-state index contributed by atoms with van der Waals surface area (Å²) in [6, 6.07) is 15.7. The van der Waals surface area contributed by atoms with Crippen molar-refractivity contribution in [1.29, 1.82) is 0 Å². The molecule has 1 N–H and O–H groups in total. The van der Waals surface area contributed by atoms with Crippen molar-refractivity contribution < 1.29 is 4.79 Å². The summed E-state index contributed by atoms with van der Waals surface area (Å²) in [5.74, 6) is 0.00217. The Morgan fingerprint density at radius 3 is 2.47 bits per heavy atom. The lowest BCUT2D eigenvalue weighted by Gasteiger charge is -2.06. The van der Waals surface area contributed by atoms with Gasteiger partial charge in [0.25, 0.3) is 0 Å². The van der Waals surface area contributed by atoms with Gasteiger partial charge in [0.05, 0.1) is 6.42 Å². The molecule has 0 aliphatic rings. The van der Waals surface area contributed by atoms with E-state index in [2.05, 4.69) is 28.2 Å². The van der Waals surface area contributed by atoms with E-state index in [1.807, 2.05) is 48.5 Å². The number of hydrogen-bond acceptors (Lipinski definition) is 1. The first-order valence-corrected chi connectivity index (χ1v) is 7.10. The first kappa shape index (κ1) is 13.8. The van der Waals surface area contributed by atoms with Crippen molar-refractivity contribution in [2.75, 3.05) is 5.32 Å². The number of aryl methyl sites for hydroxylation is 1. The van der Waals surface area contributed by atoms with Crippen molar-refractivity contribution in [3.63, 3.8) is 0 Å². The normalized spacial score (nSPS) is 10.2. The fraction of sp³-hybridized carbons (Fsp3) is 0.188. The second-order valence-corrected chi connectivity index (χ2v) is 5.32. The van der Waals surface area contributed by atoms with Gasteiger partial charge in [-0.2, -0.15) is 0 Å². The van der Waals surface area contributed by atoms with Crippen LogP contribution in [-0.2, 0) is 17.6 Å². The highest BCUT2D eigenvalue weighted by atomic mass is 79.9. The van der Waals surface area contributed by atoms with Gasteiger partial charge in [-0.15, -0.1) is 0 Å². The lowest BCUT2D eigenvalue weighted by atomic mass is 10.1. The second kappa shape index (κ2) is 6.53. The first-order valence-electron chi connectivity index (χ1n) is 6.30. The minimum atomic E-state index is 0.00217. The molecule has 0 heterocycles. The predicted octanol–water partition coefficient (Wildman–Crippen LogP) is 4.19. The van der Waals surface area contributed by atoms with Crippen LogP contribution in [0, 0.1) is 0 Å². The number of nitrogens with one attached hydrogen (secondary N) is 1. The Kier molecular flexibility index (Phi) is 4.74. The maximum Gasteiger partial charge on any atom is 0.228 e. The molecule has 0 spiro atoms. The van der Waals surface area contributed by atoms with Crippen LogP contribution < -0.4 is 5.32 Å². The fourth-order valence-corrected chi connectivity index (χ4v) is 2.31. The summed E-state index contributed by atoms with van der Waals surface area (Å²) in [5.41, 5.74) is 3.11. The molecule has 0 fully saturated rings. The smallest absolute Gasteiger partial charge is 0.228 e. The van der Waals surface area contributed by atoms with Gasteiger partial charge in [0.1, 0.15) is 0 Å². The number of hydrogen-bond donors (Lipinski definition) is 1. The van der Waals surface area contributed by atoms with E-state index in [0.29, 0.717) is 6.42 Å². The second-order valence-electron chi connectivity index (χ2n) is 4.41. The summed E-state index contributed by atoms with van der Waals surface area (Å²) in [4.78, 5) is 11.9. The number of carbonyl (C=O) groups is 1. The molecule has 98 valence electrons. The molecule has 0 saturated heterocycles. The molecule has 2 aromatic rings. The molecule has 0 unspecified atom stereocenters. The van der Waals surface area contributed by atoms with Crippen molar-refractivity contribution in [2.24, 2.45) is 0 Å². The highest BCUT2D eigenvalue weighted by molar-refractivity contribution is 9.10. The van der Waals surface area contributed by atoms with E-state index in [9.17, 15) is 4.79 Å². The lowest BCUT2D eigenvalue weighted by molar-refractivity contribution is -0.115. The third-order valence-electron chi connectivity index (χ3n) is 2.90. The van der Waals surface area contributed by atoms with Gasteiger partial charge < -0.3 is 5.32 Å². The number of amides is 1. The van der Waals surface area contributed by atoms with E-state index in [4.69, 9.17) is 0 Å². The highest BCUT2D eigenvalue weighted by Crippen LogP contribution is 2.14. The topological polar surface area (TPSA) is 29.1 Å². The number of benzene rings is 2. The standard InChI is InChI=1S/C16H16BrNO/c1-2-12-6-8-15(9-7-12)18-16(19)11-13-4-3-5-14(17)10-13/h3-10H,2,11H2,1H3,(H,18,19). The molecule has 3 heteroatoms. The van der Waals surface area contributed by atoms with Crippen molar-refractivity contribution in [2.45, 2.75) is 19.8 Å². The third-order valence-corrected chi connectivity index (χ3v) is 3.39. The maximum absolute atomic E-state index is 11.9. The van der Waals surface area contributed by atoms with Gasteiger partial charge in [-0.1, -0.05) is 47.1 Å². The van der Waals surface area contributed by atoms with Crippen LogP contribution in [0.3, 0.4) is 0 Å². The zero-order valence-corrected chi connectivity index (χ0v) is 12.4. The van der Waals surface area contributed by atoms with Gasteiger partial charge in [-0.3, -0.25) is 4.79 Å². The van der Waals surface area contributed by atoms with Crippen LogP contribution >= 0.6 is 15.9 Å². The highest BCUT2D eigenvalue weighted by Gasteiger charge is 2.04. The van der Waals surface area contributed by atoms with E-state index >= 15 is 0 Å². The zero-order chi connectivity index (χ0) is 13.7. The van der Waals surface area contributed by atoms with Gasteiger partial charge >= 0.3 is 0 Å². The molecule has 0 saturated carbocycles. The Hall–Kier alpha value is -1.61. The molecule has 0 aliphatic carbocycles. The van der Waals surface area contributed by atoms with Crippen LogP contribution in [0.15, 0.2) is 53.0 Å². The number of rotatable bonds is 4. The monoisotopic (exact) mass is 317 g/mol. The molecule has 0 aromatic heterocycles. The Labute approximate surface area is 122 Å². The summed E-state index contributed by atoms with van der Waals surface area (Å²) >= 11 is 3.40. The van der Waals surface area contributed by atoms with Crippen LogP contribution in [0.25, 0.3) is 0 Å². The molecule has 0 aliphatic heterocycles. The van der Waals surface area contributed by atoms with Crippen molar-refractivity contribution in [3.8, 4) is 0 Å². The van der Waals surface area contributed by atoms with Crippen LogP contribution in [0.1, 0.15) is 18.1 Å².